The van der Waals surface area contributed by atoms with Gasteiger partial charge in [-0.3, -0.25) is 0 Å². The summed E-state index contributed by atoms with van der Waals surface area (Å²) >= 11 is 0. The Hall–Kier alpha value is -0.520. The zero-order valence-electron chi connectivity index (χ0n) is 10.7. The minimum absolute atomic E-state index is 0.816. The van der Waals surface area contributed by atoms with E-state index in [1.165, 1.54) is 12.8 Å². The van der Waals surface area contributed by atoms with Gasteiger partial charge in [0.1, 0.15) is 0 Å². The number of hydrogen-bond donors (Lipinski definition) is 0. The third-order valence-electron chi connectivity index (χ3n) is 1.79. The highest BCUT2D eigenvalue weighted by atomic mass is 13.9. The fourth-order valence-corrected chi connectivity index (χ4v) is 0.859. The van der Waals surface area contributed by atoms with Crippen LogP contribution in [-0.4, -0.2) is 0 Å². The van der Waals surface area contributed by atoms with E-state index in [0.717, 1.165) is 18.3 Å². The first-order valence-electron chi connectivity index (χ1n) is 5.76. The molecule has 0 bridgehead atoms. The summed E-state index contributed by atoms with van der Waals surface area (Å²) in [5, 5.41) is 0. The second-order valence-corrected chi connectivity index (χ2v) is 4.46. The molecule has 0 aromatic heterocycles. The Bertz CT molecular complexity index is 129. The summed E-state index contributed by atoms with van der Waals surface area (Å²) in [6.07, 6.45) is 9.93. The predicted molar refractivity (Wildman–Crippen MR) is 68.5 cm³/mol. The molecule has 0 atom stereocenters. The maximum Gasteiger partial charge on any atom is -0.0328 e. The lowest BCUT2D eigenvalue weighted by Crippen LogP contribution is -1.82. The van der Waals surface area contributed by atoms with E-state index in [0.29, 0.717) is 0 Å². The normalized spacial score (nSPS) is 10.5. The van der Waals surface area contributed by atoms with Gasteiger partial charge in [-0.1, -0.05) is 45.9 Å². The molecular weight excluding hydrogens is 168 g/mol. The first-order chi connectivity index (χ1) is 6.54. The van der Waals surface area contributed by atoms with Crippen molar-refractivity contribution in [3.05, 3.63) is 24.8 Å². The van der Waals surface area contributed by atoms with Gasteiger partial charge in [0.2, 0.25) is 0 Å². The Morgan fingerprint density at radius 2 is 1.64 bits per heavy atom. The maximum atomic E-state index is 3.63. The first kappa shape index (κ1) is 15.9. The Labute approximate surface area is 91.1 Å². The summed E-state index contributed by atoms with van der Waals surface area (Å²) in [6, 6.07) is 0. The van der Waals surface area contributed by atoms with Crippen molar-refractivity contribution in [2.45, 2.75) is 53.9 Å². The van der Waals surface area contributed by atoms with Crippen molar-refractivity contribution in [1.29, 1.82) is 0 Å². The molecule has 84 valence electrons. The van der Waals surface area contributed by atoms with Crippen LogP contribution in [0.4, 0.5) is 0 Å². The lowest BCUT2D eigenvalue weighted by atomic mass is 10.1. The Morgan fingerprint density at radius 3 is 1.79 bits per heavy atom. The maximum absolute atomic E-state index is 3.63. The van der Waals surface area contributed by atoms with E-state index in [-0.39, 0.29) is 0 Å². The van der Waals surface area contributed by atoms with Crippen LogP contribution in [-0.2, 0) is 0 Å². The third-order valence-corrected chi connectivity index (χ3v) is 1.79. The molecule has 0 unspecified atom stereocenters. The third kappa shape index (κ3) is 22.5. The van der Waals surface area contributed by atoms with E-state index in [1.54, 1.807) is 0 Å². The van der Waals surface area contributed by atoms with E-state index in [2.05, 4.69) is 53.3 Å². The lowest BCUT2D eigenvalue weighted by molar-refractivity contribution is 0.595. The van der Waals surface area contributed by atoms with Crippen molar-refractivity contribution in [2.75, 3.05) is 0 Å². The SMILES string of the molecule is C=CCCC(C)C.CC=CCC(C)C. The van der Waals surface area contributed by atoms with Crippen LogP contribution in [0.1, 0.15) is 53.9 Å². The van der Waals surface area contributed by atoms with Gasteiger partial charge in [-0.2, -0.15) is 0 Å². The highest BCUT2D eigenvalue weighted by Gasteiger charge is 1.87. The second kappa shape index (κ2) is 12.5. The van der Waals surface area contributed by atoms with Crippen LogP contribution in [0.5, 0.6) is 0 Å². The molecule has 0 aliphatic rings. The van der Waals surface area contributed by atoms with Crippen molar-refractivity contribution in [1.82, 2.24) is 0 Å². The van der Waals surface area contributed by atoms with Gasteiger partial charge in [-0.15, -0.1) is 6.58 Å². The van der Waals surface area contributed by atoms with Crippen LogP contribution < -0.4 is 0 Å². The molecule has 0 fully saturated rings. The van der Waals surface area contributed by atoms with E-state index in [4.69, 9.17) is 0 Å². The molecule has 0 heteroatoms. The largest absolute Gasteiger partial charge is 0.103 e. The van der Waals surface area contributed by atoms with Crippen molar-refractivity contribution in [3.8, 4) is 0 Å². The van der Waals surface area contributed by atoms with E-state index >= 15 is 0 Å². The van der Waals surface area contributed by atoms with Crippen LogP contribution in [0.15, 0.2) is 24.8 Å². The van der Waals surface area contributed by atoms with Crippen molar-refractivity contribution in [3.63, 3.8) is 0 Å². The molecule has 14 heavy (non-hydrogen) atoms. The molecule has 0 aliphatic heterocycles. The minimum atomic E-state index is 0.816. The Kier molecular flexibility index (Phi) is 14.2. The summed E-state index contributed by atoms with van der Waals surface area (Å²) in [7, 11) is 0. The summed E-state index contributed by atoms with van der Waals surface area (Å²) in [5.41, 5.74) is 0. The first-order valence-corrected chi connectivity index (χ1v) is 5.76. The number of rotatable bonds is 5. The van der Waals surface area contributed by atoms with Gasteiger partial charge in [0.15, 0.2) is 0 Å². The minimum Gasteiger partial charge on any atom is -0.103 e. The van der Waals surface area contributed by atoms with Gasteiger partial charge in [-0.05, 0) is 38.0 Å². The van der Waals surface area contributed by atoms with Crippen LogP contribution >= 0.6 is 0 Å². The van der Waals surface area contributed by atoms with E-state index in [1.807, 2.05) is 6.08 Å². The molecule has 0 saturated carbocycles. The molecule has 0 nitrogen and oxygen atoms in total. The fraction of sp³-hybridized carbons (Fsp3) is 0.714. The smallest absolute Gasteiger partial charge is 0.0328 e. The second-order valence-electron chi connectivity index (χ2n) is 4.46. The van der Waals surface area contributed by atoms with Crippen LogP contribution in [0.25, 0.3) is 0 Å². The number of allylic oxidation sites excluding steroid dienone is 3. The van der Waals surface area contributed by atoms with Gasteiger partial charge in [0.25, 0.3) is 0 Å². The Morgan fingerprint density at radius 1 is 1.07 bits per heavy atom. The Balaban J connectivity index is 0. The van der Waals surface area contributed by atoms with Crippen LogP contribution in [0.2, 0.25) is 0 Å². The molecule has 0 heterocycles. The monoisotopic (exact) mass is 196 g/mol. The highest BCUT2D eigenvalue weighted by Crippen LogP contribution is 2.02. The molecular formula is C14H28. The standard InChI is InChI=1S/2C7H14/c2*1-4-5-6-7(2)3/h4-5,7H,6H2,1-3H3;4,7H,1,5-6H2,2-3H3. The van der Waals surface area contributed by atoms with Crippen LogP contribution in [0.3, 0.4) is 0 Å². The molecule has 0 rings (SSSR count). The zero-order valence-corrected chi connectivity index (χ0v) is 10.7. The van der Waals surface area contributed by atoms with Crippen LogP contribution in [0, 0.1) is 11.8 Å². The van der Waals surface area contributed by atoms with Gasteiger partial charge >= 0.3 is 0 Å². The van der Waals surface area contributed by atoms with Crippen molar-refractivity contribution in [2.24, 2.45) is 11.8 Å². The van der Waals surface area contributed by atoms with E-state index in [9.17, 15) is 0 Å². The van der Waals surface area contributed by atoms with Gasteiger partial charge < -0.3 is 0 Å². The summed E-state index contributed by atoms with van der Waals surface area (Å²) < 4.78 is 0. The molecule has 0 radical (unpaired) electrons. The summed E-state index contributed by atoms with van der Waals surface area (Å²) in [6.45, 7) is 14.6. The average molecular weight is 196 g/mol. The molecule has 0 N–H and O–H groups in total. The van der Waals surface area contributed by atoms with Crippen molar-refractivity contribution < 1.29 is 0 Å². The van der Waals surface area contributed by atoms with Gasteiger partial charge in [0, 0.05) is 0 Å². The number of hydrogen-bond acceptors (Lipinski definition) is 0. The lowest BCUT2D eigenvalue weighted by Gasteiger charge is -1.96. The molecule has 0 spiro atoms. The highest BCUT2D eigenvalue weighted by molar-refractivity contribution is 4.77. The summed E-state index contributed by atoms with van der Waals surface area (Å²) in [5.74, 6) is 1.65. The topological polar surface area (TPSA) is 0 Å². The van der Waals surface area contributed by atoms with Crippen molar-refractivity contribution >= 4 is 0 Å². The fourth-order valence-electron chi connectivity index (χ4n) is 0.859. The quantitative estimate of drug-likeness (QED) is 0.529. The molecule has 0 aliphatic carbocycles. The summed E-state index contributed by atoms with van der Waals surface area (Å²) in [4.78, 5) is 0. The van der Waals surface area contributed by atoms with Gasteiger partial charge in [-0.25, -0.2) is 0 Å². The zero-order chi connectivity index (χ0) is 11.4. The average Bonchev–Trinajstić information content (AvgIpc) is 2.12. The molecule has 0 amide bonds. The predicted octanol–water partition coefficient (Wildman–Crippen LogP) is 5.22. The van der Waals surface area contributed by atoms with Gasteiger partial charge in [0.05, 0.1) is 0 Å². The molecule has 0 aromatic rings. The molecule has 0 aromatic carbocycles. The van der Waals surface area contributed by atoms with E-state index < -0.39 is 0 Å². The molecule has 0 saturated heterocycles.